The maximum absolute atomic E-state index is 11.8. The van der Waals surface area contributed by atoms with E-state index < -0.39 is 5.97 Å². The molecule has 1 atom stereocenters. The van der Waals surface area contributed by atoms with Crippen LogP contribution in [0.15, 0.2) is 12.1 Å². The predicted molar refractivity (Wildman–Crippen MR) is 101 cm³/mol. The number of carbonyl (C=O) groups is 1. The lowest BCUT2D eigenvalue weighted by Gasteiger charge is -2.34. The molecule has 1 fully saturated rings. The van der Waals surface area contributed by atoms with Gasteiger partial charge >= 0.3 is 5.97 Å². The molecule has 0 bridgehead atoms. The van der Waals surface area contributed by atoms with Crippen LogP contribution in [0.25, 0.3) is 5.52 Å². The van der Waals surface area contributed by atoms with Crippen LogP contribution in [0.1, 0.15) is 60.6 Å². The second-order valence-electron chi connectivity index (χ2n) is 7.33. The standard InChI is InChI=1S/C20H29N3O3/c1-5-10-22-11-8-15(9-12-22)13(2)19-14(3)18(20(24)25)16-6-7-17(26-4)21-23(16)19/h6-7,13,15H,5,8-12H2,1-4H3,(H,24,25). The number of ether oxygens (including phenoxy) is 1. The maximum Gasteiger partial charge on any atom is 0.338 e. The summed E-state index contributed by atoms with van der Waals surface area (Å²) in [6.45, 7) is 9.74. The highest BCUT2D eigenvalue weighted by Crippen LogP contribution is 2.37. The average Bonchev–Trinajstić information content (AvgIpc) is 2.93. The Morgan fingerprint density at radius 1 is 1.38 bits per heavy atom. The normalized spacial score (nSPS) is 17.5. The van der Waals surface area contributed by atoms with Gasteiger partial charge in [-0.2, -0.15) is 0 Å². The molecule has 1 aliphatic heterocycles. The molecule has 6 heteroatoms. The van der Waals surface area contributed by atoms with Crippen LogP contribution in [-0.2, 0) is 0 Å². The molecule has 0 aromatic carbocycles. The van der Waals surface area contributed by atoms with Crippen molar-refractivity contribution < 1.29 is 14.6 Å². The number of carboxylic acids is 1. The zero-order valence-electron chi connectivity index (χ0n) is 16.2. The van der Waals surface area contributed by atoms with Crippen LogP contribution < -0.4 is 4.74 Å². The van der Waals surface area contributed by atoms with Crippen LogP contribution in [0.5, 0.6) is 5.88 Å². The highest BCUT2D eigenvalue weighted by Gasteiger charge is 2.30. The highest BCUT2D eigenvalue weighted by atomic mass is 16.5. The van der Waals surface area contributed by atoms with E-state index in [1.165, 1.54) is 6.42 Å². The fourth-order valence-corrected chi connectivity index (χ4v) is 4.39. The topological polar surface area (TPSA) is 67.1 Å². The van der Waals surface area contributed by atoms with Crippen LogP contribution in [0.2, 0.25) is 0 Å². The molecule has 0 spiro atoms. The molecule has 2 aromatic rings. The summed E-state index contributed by atoms with van der Waals surface area (Å²) in [5.41, 5.74) is 2.82. The Morgan fingerprint density at radius 3 is 2.65 bits per heavy atom. The van der Waals surface area contributed by atoms with Gasteiger partial charge in [0.15, 0.2) is 0 Å². The monoisotopic (exact) mass is 359 g/mol. The van der Waals surface area contributed by atoms with Crippen molar-refractivity contribution in [1.82, 2.24) is 14.5 Å². The van der Waals surface area contributed by atoms with Crippen molar-refractivity contribution in [2.75, 3.05) is 26.7 Å². The minimum Gasteiger partial charge on any atom is -0.480 e. The summed E-state index contributed by atoms with van der Waals surface area (Å²) in [5.74, 6) is 0.382. The first-order valence-corrected chi connectivity index (χ1v) is 9.49. The number of hydrogen-bond donors (Lipinski definition) is 1. The molecule has 142 valence electrons. The van der Waals surface area contributed by atoms with Crippen LogP contribution >= 0.6 is 0 Å². The lowest BCUT2D eigenvalue weighted by molar-refractivity contribution is 0.0698. The van der Waals surface area contributed by atoms with Gasteiger partial charge in [0.2, 0.25) is 5.88 Å². The molecule has 0 saturated carbocycles. The third kappa shape index (κ3) is 3.30. The van der Waals surface area contributed by atoms with Gasteiger partial charge in [0.1, 0.15) is 0 Å². The summed E-state index contributed by atoms with van der Waals surface area (Å²) >= 11 is 0. The van der Waals surface area contributed by atoms with Gasteiger partial charge in [0.05, 0.1) is 18.2 Å². The Labute approximate surface area is 154 Å². The lowest BCUT2D eigenvalue weighted by Crippen LogP contribution is -2.35. The molecule has 1 unspecified atom stereocenters. The van der Waals surface area contributed by atoms with Crippen molar-refractivity contribution in [3.63, 3.8) is 0 Å². The highest BCUT2D eigenvalue weighted by molar-refractivity contribution is 5.98. The molecular formula is C20H29N3O3. The van der Waals surface area contributed by atoms with Crippen LogP contribution in [0.4, 0.5) is 0 Å². The first kappa shape index (κ1) is 18.7. The molecule has 1 saturated heterocycles. The van der Waals surface area contributed by atoms with Gasteiger partial charge < -0.3 is 14.7 Å². The molecule has 6 nitrogen and oxygen atoms in total. The summed E-state index contributed by atoms with van der Waals surface area (Å²) in [6, 6.07) is 3.52. The quantitative estimate of drug-likeness (QED) is 0.854. The number of methoxy groups -OCH3 is 1. The molecular weight excluding hydrogens is 330 g/mol. The number of carboxylic acid groups (broad SMARTS) is 1. The average molecular weight is 359 g/mol. The fraction of sp³-hybridized carbons (Fsp3) is 0.600. The third-order valence-corrected chi connectivity index (χ3v) is 5.79. The first-order valence-electron chi connectivity index (χ1n) is 9.49. The van der Waals surface area contributed by atoms with E-state index in [1.807, 2.05) is 6.92 Å². The Bertz CT molecular complexity index is 791. The molecule has 26 heavy (non-hydrogen) atoms. The van der Waals surface area contributed by atoms with Crippen LogP contribution in [-0.4, -0.2) is 52.3 Å². The van der Waals surface area contributed by atoms with E-state index in [-0.39, 0.29) is 5.92 Å². The molecule has 2 aromatic heterocycles. The second kappa shape index (κ2) is 7.66. The van der Waals surface area contributed by atoms with Gasteiger partial charge in [0, 0.05) is 17.7 Å². The van der Waals surface area contributed by atoms with Gasteiger partial charge in [-0.3, -0.25) is 0 Å². The number of aromatic nitrogens is 2. The molecule has 1 aliphatic rings. The molecule has 0 aliphatic carbocycles. The van der Waals surface area contributed by atoms with E-state index in [1.54, 1.807) is 23.8 Å². The van der Waals surface area contributed by atoms with E-state index in [4.69, 9.17) is 4.74 Å². The van der Waals surface area contributed by atoms with Crippen molar-refractivity contribution in [2.45, 2.75) is 46.0 Å². The molecule has 1 N–H and O–H groups in total. The van der Waals surface area contributed by atoms with Crippen LogP contribution in [0, 0.1) is 12.8 Å². The second-order valence-corrected chi connectivity index (χ2v) is 7.33. The maximum atomic E-state index is 11.8. The zero-order chi connectivity index (χ0) is 18.8. The summed E-state index contributed by atoms with van der Waals surface area (Å²) < 4.78 is 7.06. The number of fused-ring (bicyclic) bond motifs is 1. The zero-order valence-corrected chi connectivity index (χ0v) is 16.2. The number of hydrogen-bond acceptors (Lipinski definition) is 4. The number of nitrogens with zero attached hydrogens (tertiary/aromatic N) is 3. The predicted octanol–water partition coefficient (Wildman–Crippen LogP) is 3.58. The summed E-state index contributed by atoms with van der Waals surface area (Å²) in [5, 5.41) is 14.2. The Kier molecular flexibility index (Phi) is 5.51. The van der Waals surface area contributed by atoms with Gasteiger partial charge in [0.25, 0.3) is 0 Å². The summed E-state index contributed by atoms with van der Waals surface area (Å²) in [4.78, 5) is 14.4. The van der Waals surface area contributed by atoms with Gasteiger partial charge in [-0.05, 0) is 63.4 Å². The molecule has 0 radical (unpaired) electrons. The van der Waals surface area contributed by atoms with Gasteiger partial charge in [-0.1, -0.05) is 13.8 Å². The summed E-state index contributed by atoms with van der Waals surface area (Å²) in [7, 11) is 1.58. The van der Waals surface area contributed by atoms with E-state index in [9.17, 15) is 9.90 Å². The van der Waals surface area contributed by atoms with E-state index in [0.29, 0.717) is 22.9 Å². The smallest absolute Gasteiger partial charge is 0.338 e. The number of piperidine rings is 1. The Balaban J connectivity index is 1.98. The minimum absolute atomic E-state index is 0.249. The number of rotatable bonds is 6. The molecule has 3 heterocycles. The van der Waals surface area contributed by atoms with Crippen molar-refractivity contribution >= 4 is 11.5 Å². The van der Waals surface area contributed by atoms with E-state index in [0.717, 1.165) is 43.7 Å². The first-order chi connectivity index (χ1) is 12.5. The number of aromatic carboxylic acids is 1. The fourth-order valence-electron chi connectivity index (χ4n) is 4.39. The summed E-state index contributed by atoms with van der Waals surface area (Å²) in [6.07, 6.45) is 3.47. The van der Waals surface area contributed by atoms with E-state index >= 15 is 0 Å². The van der Waals surface area contributed by atoms with Crippen molar-refractivity contribution in [2.24, 2.45) is 5.92 Å². The lowest BCUT2D eigenvalue weighted by atomic mass is 9.82. The molecule has 0 amide bonds. The molecule has 3 rings (SSSR count). The SMILES string of the molecule is CCCN1CCC(C(C)c2c(C)c(C(=O)O)c3ccc(OC)nn23)CC1. The Morgan fingerprint density at radius 2 is 2.08 bits per heavy atom. The Hall–Kier alpha value is -2.08. The minimum atomic E-state index is -0.900. The van der Waals surface area contributed by atoms with Crippen molar-refractivity contribution in [3.05, 3.63) is 29.0 Å². The largest absolute Gasteiger partial charge is 0.480 e. The van der Waals surface area contributed by atoms with Crippen molar-refractivity contribution in [1.29, 1.82) is 0 Å². The van der Waals surface area contributed by atoms with Gasteiger partial charge in [-0.15, -0.1) is 5.10 Å². The van der Waals surface area contributed by atoms with Crippen LogP contribution in [0.3, 0.4) is 0 Å². The third-order valence-electron chi connectivity index (χ3n) is 5.79. The van der Waals surface area contributed by atoms with E-state index in [2.05, 4.69) is 23.8 Å². The number of likely N-dealkylation sites (tertiary alicyclic amines) is 1. The van der Waals surface area contributed by atoms with Crippen molar-refractivity contribution in [3.8, 4) is 5.88 Å². The van der Waals surface area contributed by atoms with Gasteiger partial charge in [-0.25, -0.2) is 9.31 Å².